The molecule has 94 valence electrons. The summed E-state index contributed by atoms with van der Waals surface area (Å²) in [6.07, 6.45) is 8.85. The van der Waals surface area contributed by atoms with E-state index in [4.69, 9.17) is 11.6 Å². The Bertz CT molecular complexity index is 344. The Labute approximate surface area is 121 Å². The van der Waals surface area contributed by atoms with Gasteiger partial charge < -0.3 is 5.32 Å². The van der Waals surface area contributed by atoms with Crippen LogP contribution in [-0.2, 0) is 0 Å². The Morgan fingerprint density at radius 2 is 1.88 bits per heavy atom. The zero-order valence-electron chi connectivity index (χ0n) is 9.70. The Kier molecular flexibility index (Phi) is 5.28. The van der Waals surface area contributed by atoms with Crippen molar-refractivity contribution in [3.05, 3.63) is 16.0 Å². The van der Waals surface area contributed by atoms with E-state index in [2.05, 4.69) is 37.9 Å². The second kappa shape index (κ2) is 6.73. The summed E-state index contributed by atoms with van der Waals surface area (Å²) in [5.74, 6) is 2.83. The monoisotopic (exact) mass is 365 g/mol. The number of hydrogen-bond acceptors (Lipinski definition) is 3. The first-order valence-corrected chi connectivity index (χ1v) is 7.68. The lowest BCUT2D eigenvalue weighted by Crippen LogP contribution is -2.27. The van der Waals surface area contributed by atoms with Crippen molar-refractivity contribution >= 4 is 40.1 Å². The topological polar surface area (TPSA) is 37.8 Å². The number of halogens is 2. The van der Waals surface area contributed by atoms with Crippen LogP contribution in [0.15, 0.2) is 12.4 Å². The van der Waals surface area contributed by atoms with Crippen LogP contribution in [0.3, 0.4) is 0 Å². The average Bonchev–Trinajstić information content (AvgIpc) is 2.38. The van der Waals surface area contributed by atoms with Gasteiger partial charge in [0.15, 0.2) is 0 Å². The van der Waals surface area contributed by atoms with E-state index >= 15 is 0 Å². The van der Waals surface area contributed by atoms with Gasteiger partial charge in [0.2, 0.25) is 5.95 Å². The third kappa shape index (κ3) is 3.95. The Hall–Kier alpha value is -0.100. The Morgan fingerprint density at radius 3 is 2.53 bits per heavy atom. The molecule has 1 saturated carbocycles. The van der Waals surface area contributed by atoms with Crippen LogP contribution in [0.25, 0.3) is 0 Å². The highest BCUT2D eigenvalue weighted by Crippen LogP contribution is 2.30. The lowest BCUT2D eigenvalue weighted by molar-refractivity contribution is 0.271. The number of rotatable bonds is 4. The molecule has 1 N–H and O–H groups in total. The molecule has 1 aromatic rings. The third-order valence-corrected chi connectivity index (χ3v) is 4.36. The fourth-order valence-corrected chi connectivity index (χ4v) is 3.07. The summed E-state index contributed by atoms with van der Waals surface area (Å²) < 4.78 is 1.06. The Balaban J connectivity index is 1.86. The largest absolute Gasteiger partial charge is 0.354 e. The second-order valence-corrected chi connectivity index (χ2v) is 6.12. The van der Waals surface area contributed by atoms with Crippen molar-refractivity contribution in [1.82, 2.24) is 9.97 Å². The lowest BCUT2D eigenvalue weighted by Gasteiger charge is -2.30. The molecule has 5 heteroatoms. The van der Waals surface area contributed by atoms with Gasteiger partial charge >= 0.3 is 0 Å². The molecule has 0 aliphatic heterocycles. The number of hydrogen-bond donors (Lipinski definition) is 1. The molecule has 2 atom stereocenters. The van der Waals surface area contributed by atoms with E-state index in [-0.39, 0.29) is 0 Å². The maximum atomic E-state index is 6.02. The van der Waals surface area contributed by atoms with Gasteiger partial charge in [-0.05, 0) is 47.3 Å². The van der Waals surface area contributed by atoms with Gasteiger partial charge in [0.25, 0.3) is 0 Å². The highest BCUT2D eigenvalue weighted by Gasteiger charge is 2.24. The minimum Gasteiger partial charge on any atom is -0.354 e. The van der Waals surface area contributed by atoms with E-state index in [9.17, 15) is 0 Å². The van der Waals surface area contributed by atoms with Gasteiger partial charge in [0, 0.05) is 28.4 Å². The summed E-state index contributed by atoms with van der Waals surface area (Å²) in [4.78, 5) is 8.50. The third-order valence-electron chi connectivity index (χ3n) is 3.41. The number of anilines is 1. The summed E-state index contributed by atoms with van der Waals surface area (Å²) in [7, 11) is 0. The summed E-state index contributed by atoms with van der Waals surface area (Å²) in [6.45, 7) is 0.942. The van der Waals surface area contributed by atoms with Gasteiger partial charge in [0.1, 0.15) is 0 Å². The molecule has 17 heavy (non-hydrogen) atoms. The van der Waals surface area contributed by atoms with E-state index in [0.717, 1.165) is 21.9 Å². The zero-order chi connectivity index (χ0) is 12.1. The van der Waals surface area contributed by atoms with Crippen LogP contribution in [0, 0.1) is 15.4 Å². The van der Waals surface area contributed by atoms with Crippen molar-refractivity contribution in [3.63, 3.8) is 0 Å². The molecule has 2 unspecified atom stereocenters. The van der Waals surface area contributed by atoms with Crippen LogP contribution in [0.2, 0.25) is 0 Å². The molecule has 0 spiro atoms. The molecule has 1 heterocycles. The molecule has 0 radical (unpaired) electrons. The zero-order valence-corrected chi connectivity index (χ0v) is 12.6. The predicted octanol–water partition coefficient (Wildman–Crippen LogP) is 3.54. The first kappa shape index (κ1) is 13.3. The van der Waals surface area contributed by atoms with Crippen LogP contribution in [-0.4, -0.2) is 22.4 Å². The van der Waals surface area contributed by atoms with E-state index in [0.29, 0.717) is 11.8 Å². The smallest absolute Gasteiger partial charge is 0.222 e. The fourth-order valence-electron chi connectivity index (χ4n) is 2.38. The van der Waals surface area contributed by atoms with Crippen LogP contribution < -0.4 is 5.32 Å². The number of alkyl halides is 1. The maximum absolute atomic E-state index is 6.02. The van der Waals surface area contributed by atoms with Crippen molar-refractivity contribution in [1.29, 1.82) is 0 Å². The SMILES string of the molecule is ClCC1CCCCC1CNc1ncc(I)cn1. The fraction of sp³-hybridized carbons (Fsp3) is 0.667. The molecular weight excluding hydrogens is 349 g/mol. The molecule has 1 aromatic heterocycles. The first-order valence-electron chi connectivity index (χ1n) is 6.07. The summed E-state index contributed by atoms with van der Waals surface area (Å²) >= 11 is 8.22. The summed E-state index contributed by atoms with van der Waals surface area (Å²) in [5, 5.41) is 3.32. The Morgan fingerprint density at radius 1 is 1.24 bits per heavy atom. The average molecular weight is 366 g/mol. The van der Waals surface area contributed by atoms with Crippen LogP contribution >= 0.6 is 34.2 Å². The number of nitrogens with one attached hydrogen (secondary N) is 1. The molecule has 2 rings (SSSR count). The van der Waals surface area contributed by atoms with Gasteiger partial charge in [-0.2, -0.15) is 0 Å². The summed E-state index contributed by atoms with van der Waals surface area (Å²) in [5.41, 5.74) is 0. The highest BCUT2D eigenvalue weighted by atomic mass is 127. The van der Waals surface area contributed by atoms with Crippen molar-refractivity contribution in [2.45, 2.75) is 25.7 Å². The molecular formula is C12H17ClIN3. The van der Waals surface area contributed by atoms with E-state index in [1.807, 2.05) is 12.4 Å². The molecule has 3 nitrogen and oxygen atoms in total. The maximum Gasteiger partial charge on any atom is 0.222 e. The van der Waals surface area contributed by atoms with Crippen molar-refractivity contribution in [2.24, 2.45) is 11.8 Å². The van der Waals surface area contributed by atoms with Crippen molar-refractivity contribution in [2.75, 3.05) is 17.7 Å². The quantitative estimate of drug-likeness (QED) is 0.655. The van der Waals surface area contributed by atoms with Gasteiger partial charge in [0.05, 0.1) is 0 Å². The van der Waals surface area contributed by atoms with Crippen LogP contribution in [0.4, 0.5) is 5.95 Å². The molecule has 0 aromatic carbocycles. The predicted molar refractivity (Wildman–Crippen MR) is 79.4 cm³/mol. The molecule has 0 amide bonds. The minimum atomic E-state index is 0.654. The molecule has 0 bridgehead atoms. The highest BCUT2D eigenvalue weighted by molar-refractivity contribution is 14.1. The van der Waals surface area contributed by atoms with E-state index in [1.54, 1.807) is 0 Å². The van der Waals surface area contributed by atoms with Crippen LogP contribution in [0.1, 0.15) is 25.7 Å². The molecule has 1 aliphatic rings. The van der Waals surface area contributed by atoms with E-state index in [1.165, 1.54) is 25.7 Å². The second-order valence-electron chi connectivity index (χ2n) is 4.56. The van der Waals surface area contributed by atoms with Gasteiger partial charge in [-0.25, -0.2) is 9.97 Å². The standard InChI is InChI=1S/C12H17ClIN3/c13-5-9-3-1-2-4-10(9)6-15-12-16-7-11(14)8-17-12/h7-10H,1-6H2,(H,15,16,17). The van der Waals surface area contributed by atoms with Gasteiger partial charge in [-0.3, -0.25) is 0 Å². The number of nitrogens with zero attached hydrogens (tertiary/aromatic N) is 2. The molecule has 1 fully saturated rings. The molecule has 1 aliphatic carbocycles. The summed E-state index contributed by atoms with van der Waals surface area (Å²) in [6, 6.07) is 0. The van der Waals surface area contributed by atoms with Crippen LogP contribution in [0.5, 0.6) is 0 Å². The van der Waals surface area contributed by atoms with Crippen molar-refractivity contribution < 1.29 is 0 Å². The molecule has 0 saturated heterocycles. The number of aromatic nitrogens is 2. The minimum absolute atomic E-state index is 0.654. The van der Waals surface area contributed by atoms with E-state index < -0.39 is 0 Å². The lowest BCUT2D eigenvalue weighted by atomic mass is 9.80. The van der Waals surface area contributed by atoms with Gasteiger partial charge in [-0.1, -0.05) is 12.8 Å². The van der Waals surface area contributed by atoms with Gasteiger partial charge in [-0.15, -0.1) is 11.6 Å². The normalized spacial score (nSPS) is 24.6. The van der Waals surface area contributed by atoms with Crippen molar-refractivity contribution in [3.8, 4) is 0 Å². The first-order chi connectivity index (χ1) is 8.29.